The van der Waals surface area contributed by atoms with Crippen molar-refractivity contribution in [2.45, 2.75) is 45.8 Å². The Hall–Kier alpha value is -1.39. The van der Waals surface area contributed by atoms with E-state index in [4.69, 9.17) is 9.72 Å². The molecule has 0 unspecified atom stereocenters. The van der Waals surface area contributed by atoms with Crippen LogP contribution in [0.25, 0.3) is 10.6 Å². The maximum absolute atomic E-state index is 6.14. The first-order chi connectivity index (χ1) is 10.1. The van der Waals surface area contributed by atoms with Crippen molar-refractivity contribution in [3.8, 4) is 16.3 Å². The van der Waals surface area contributed by atoms with E-state index in [1.54, 1.807) is 11.3 Å². The van der Waals surface area contributed by atoms with Gasteiger partial charge in [-0.25, -0.2) is 4.98 Å². The lowest BCUT2D eigenvalue weighted by Crippen LogP contribution is -2.24. The molecule has 21 heavy (non-hydrogen) atoms. The summed E-state index contributed by atoms with van der Waals surface area (Å²) in [6.45, 7) is 8.32. The number of ether oxygens (including phenoxy) is 1. The van der Waals surface area contributed by atoms with Crippen LogP contribution >= 0.6 is 11.3 Å². The van der Waals surface area contributed by atoms with Gasteiger partial charge in [-0.15, -0.1) is 11.3 Å². The zero-order valence-electron chi connectivity index (χ0n) is 12.9. The van der Waals surface area contributed by atoms with Crippen LogP contribution in [0, 0.1) is 0 Å². The van der Waals surface area contributed by atoms with Gasteiger partial charge in [0.2, 0.25) is 0 Å². The maximum Gasteiger partial charge on any atom is 0.133 e. The Morgan fingerprint density at radius 2 is 2.24 bits per heavy atom. The Kier molecular flexibility index (Phi) is 4.00. The summed E-state index contributed by atoms with van der Waals surface area (Å²) in [4.78, 5) is 4.75. The number of fused-ring (bicyclic) bond motifs is 1. The van der Waals surface area contributed by atoms with Crippen molar-refractivity contribution in [3.05, 3.63) is 34.8 Å². The van der Waals surface area contributed by atoms with Crippen LogP contribution in [0.1, 0.15) is 38.4 Å². The smallest absolute Gasteiger partial charge is 0.133 e. The molecular formula is C17H22N2OS. The summed E-state index contributed by atoms with van der Waals surface area (Å²) >= 11 is 1.70. The molecule has 4 heteroatoms. The Balaban J connectivity index is 1.84. The minimum absolute atomic E-state index is 0.110. The van der Waals surface area contributed by atoms with Gasteiger partial charge < -0.3 is 10.1 Å². The molecule has 3 nitrogen and oxygen atoms in total. The summed E-state index contributed by atoms with van der Waals surface area (Å²) in [5, 5.41) is 6.58. The van der Waals surface area contributed by atoms with Gasteiger partial charge in [-0.1, -0.05) is 19.1 Å². The van der Waals surface area contributed by atoms with E-state index in [1.165, 1.54) is 5.56 Å². The summed E-state index contributed by atoms with van der Waals surface area (Å²) in [6.07, 6.45) is 2.11. The highest BCUT2D eigenvalue weighted by Gasteiger charge is 2.32. The topological polar surface area (TPSA) is 34.1 Å². The monoisotopic (exact) mass is 302 g/mol. The molecule has 3 rings (SSSR count). The van der Waals surface area contributed by atoms with Crippen LogP contribution in [0.5, 0.6) is 5.75 Å². The third-order valence-electron chi connectivity index (χ3n) is 3.61. The second-order valence-corrected chi connectivity index (χ2v) is 7.01. The first-order valence-electron chi connectivity index (χ1n) is 7.55. The predicted octanol–water partition coefficient (Wildman–Crippen LogP) is 4.02. The first kappa shape index (κ1) is 14.5. The SMILES string of the molecule is CCCNCc1csc(-c2cccc3c2OC(C)(C)C3)n1. The van der Waals surface area contributed by atoms with E-state index in [9.17, 15) is 0 Å². The molecule has 0 radical (unpaired) electrons. The van der Waals surface area contributed by atoms with Crippen LogP contribution in [0.4, 0.5) is 0 Å². The Labute approximate surface area is 130 Å². The van der Waals surface area contributed by atoms with Crippen molar-refractivity contribution in [1.29, 1.82) is 0 Å². The van der Waals surface area contributed by atoms with Gasteiger partial charge in [0.15, 0.2) is 0 Å². The fourth-order valence-electron chi connectivity index (χ4n) is 2.69. The molecule has 2 aromatic rings. The highest BCUT2D eigenvalue weighted by Crippen LogP contribution is 2.42. The van der Waals surface area contributed by atoms with E-state index < -0.39 is 0 Å². The van der Waals surface area contributed by atoms with Gasteiger partial charge >= 0.3 is 0 Å². The van der Waals surface area contributed by atoms with Gasteiger partial charge in [0.1, 0.15) is 16.4 Å². The number of nitrogens with one attached hydrogen (secondary N) is 1. The average molecular weight is 302 g/mol. The number of benzene rings is 1. The molecule has 0 spiro atoms. The minimum Gasteiger partial charge on any atom is -0.486 e. The van der Waals surface area contributed by atoms with Crippen LogP contribution in [-0.2, 0) is 13.0 Å². The molecule has 0 fully saturated rings. The lowest BCUT2D eigenvalue weighted by Gasteiger charge is -2.17. The molecule has 0 amide bonds. The number of hydrogen-bond acceptors (Lipinski definition) is 4. The first-order valence-corrected chi connectivity index (χ1v) is 8.43. The molecular weight excluding hydrogens is 280 g/mol. The van der Waals surface area contributed by atoms with Crippen LogP contribution in [0.15, 0.2) is 23.6 Å². The van der Waals surface area contributed by atoms with Gasteiger partial charge in [-0.2, -0.15) is 0 Å². The van der Waals surface area contributed by atoms with E-state index in [-0.39, 0.29) is 5.60 Å². The summed E-state index contributed by atoms with van der Waals surface area (Å²) < 4.78 is 6.14. The zero-order valence-corrected chi connectivity index (χ0v) is 13.7. The highest BCUT2D eigenvalue weighted by molar-refractivity contribution is 7.13. The van der Waals surface area contributed by atoms with Crippen LogP contribution in [0.2, 0.25) is 0 Å². The molecule has 112 valence electrons. The number of para-hydroxylation sites is 1. The molecule has 1 aliphatic rings. The highest BCUT2D eigenvalue weighted by atomic mass is 32.1. The Morgan fingerprint density at radius 3 is 3.05 bits per heavy atom. The molecule has 1 aromatic carbocycles. The number of hydrogen-bond donors (Lipinski definition) is 1. The van der Waals surface area contributed by atoms with Gasteiger partial charge in [-0.05, 0) is 38.4 Å². The maximum atomic E-state index is 6.14. The van der Waals surface area contributed by atoms with Crippen molar-refractivity contribution < 1.29 is 4.74 Å². The quantitative estimate of drug-likeness (QED) is 0.847. The van der Waals surface area contributed by atoms with Gasteiger partial charge in [0.25, 0.3) is 0 Å². The molecule has 1 aromatic heterocycles. The van der Waals surface area contributed by atoms with Crippen molar-refractivity contribution in [2.75, 3.05) is 6.54 Å². The number of nitrogens with zero attached hydrogens (tertiary/aromatic N) is 1. The fourth-order valence-corrected chi connectivity index (χ4v) is 3.53. The third kappa shape index (κ3) is 3.11. The van der Waals surface area contributed by atoms with E-state index in [2.05, 4.69) is 49.7 Å². The average Bonchev–Trinajstić information content (AvgIpc) is 3.01. The normalized spacial score (nSPS) is 15.8. The molecule has 0 saturated heterocycles. The Morgan fingerprint density at radius 1 is 1.38 bits per heavy atom. The molecule has 0 saturated carbocycles. The van der Waals surface area contributed by atoms with E-state index in [0.717, 1.165) is 47.9 Å². The minimum atomic E-state index is -0.110. The van der Waals surface area contributed by atoms with E-state index in [1.807, 2.05) is 0 Å². The van der Waals surface area contributed by atoms with Crippen LogP contribution in [-0.4, -0.2) is 17.1 Å². The van der Waals surface area contributed by atoms with E-state index in [0.29, 0.717) is 0 Å². The van der Waals surface area contributed by atoms with Gasteiger partial charge in [0.05, 0.1) is 11.3 Å². The van der Waals surface area contributed by atoms with Crippen molar-refractivity contribution in [3.63, 3.8) is 0 Å². The molecule has 0 atom stereocenters. The summed E-state index contributed by atoms with van der Waals surface area (Å²) in [7, 11) is 0. The molecule has 0 aliphatic carbocycles. The standard InChI is InChI=1S/C17H22N2OS/c1-4-8-18-10-13-11-21-16(19-13)14-7-5-6-12-9-17(2,3)20-15(12)14/h5-7,11,18H,4,8-10H2,1-3H3. The summed E-state index contributed by atoms with van der Waals surface area (Å²) in [6, 6.07) is 6.38. The fraction of sp³-hybridized carbons (Fsp3) is 0.471. The van der Waals surface area contributed by atoms with Gasteiger partial charge in [-0.3, -0.25) is 0 Å². The second kappa shape index (κ2) is 5.78. The Bertz CT molecular complexity index is 633. The third-order valence-corrected chi connectivity index (χ3v) is 4.53. The largest absolute Gasteiger partial charge is 0.486 e. The molecule has 1 aliphatic heterocycles. The van der Waals surface area contributed by atoms with E-state index >= 15 is 0 Å². The summed E-state index contributed by atoms with van der Waals surface area (Å²) in [5.41, 5.74) is 3.42. The van der Waals surface area contributed by atoms with Crippen LogP contribution in [0.3, 0.4) is 0 Å². The number of aromatic nitrogens is 1. The van der Waals surface area contributed by atoms with Crippen molar-refractivity contribution in [1.82, 2.24) is 10.3 Å². The molecule has 2 heterocycles. The molecule has 1 N–H and O–H groups in total. The van der Waals surface area contributed by atoms with Crippen molar-refractivity contribution in [2.24, 2.45) is 0 Å². The number of rotatable bonds is 5. The lowest BCUT2D eigenvalue weighted by molar-refractivity contribution is 0.139. The lowest BCUT2D eigenvalue weighted by atomic mass is 10.0. The van der Waals surface area contributed by atoms with Crippen molar-refractivity contribution >= 4 is 11.3 Å². The van der Waals surface area contributed by atoms with Crippen LogP contribution < -0.4 is 10.1 Å². The predicted molar refractivity (Wildman–Crippen MR) is 88.0 cm³/mol. The summed E-state index contributed by atoms with van der Waals surface area (Å²) in [5.74, 6) is 1.02. The zero-order chi connectivity index (χ0) is 14.9. The number of thiazole rings is 1. The molecule has 0 bridgehead atoms. The second-order valence-electron chi connectivity index (χ2n) is 6.15. The van der Waals surface area contributed by atoms with Gasteiger partial charge in [0, 0.05) is 18.3 Å².